The van der Waals surface area contributed by atoms with Crippen molar-refractivity contribution in [2.75, 3.05) is 11.5 Å². The van der Waals surface area contributed by atoms with Gasteiger partial charge in [-0.05, 0) is 17.9 Å². The van der Waals surface area contributed by atoms with E-state index >= 15 is 0 Å². The van der Waals surface area contributed by atoms with Crippen LogP contribution in [0, 0.1) is 0 Å². The van der Waals surface area contributed by atoms with Crippen molar-refractivity contribution in [2.24, 2.45) is 0 Å². The topological polar surface area (TPSA) is 134 Å². The molecule has 2 heterocycles. The molecule has 0 aliphatic rings. The molecule has 142 valence electrons. The van der Waals surface area contributed by atoms with Crippen LogP contribution >= 0.6 is 30.2 Å². The SMILES string of the molecule is CCCP(=O)([O-])NC(Cc1cccs1)C(=O)Nc1nc(CC(=O)[O-])cs1.[Li+].[Li+]. The van der Waals surface area contributed by atoms with E-state index in [1.807, 2.05) is 17.5 Å². The van der Waals surface area contributed by atoms with Gasteiger partial charge in [0.15, 0.2) is 5.13 Å². The summed E-state index contributed by atoms with van der Waals surface area (Å²) in [6.07, 6.45) is 0.265. The summed E-state index contributed by atoms with van der Waals surface area (Å²) in [5.41, 5.74) is 0.272. The largest absolute Gasteiger partial charge is 1.00 e. The van der Waals surface area contributed by atoms with E-state index in [0.29, 0.717) is 6.42 Å². The van der Waals surface area contributed by atoms with Crippen LogP contribution in [0.5, 0.6) is 0 Å². The van der Waals surface area contributed by atoms with E-state index < -0.39 is 25.4 Å². The third-order valence-electron chi connectivity index (χ3n) is 3.28. The van der Waals surface area contributed by atoms with Gasteiger partial charge >= 0.3 is 37.7 Å². The Bertz CT molecular complexity index is 803. The molecule has 0 spiro atoms. The summed E-state index contributed by atoms with van der Waals surface area (Å²) >= 11 is 2.50. The van der Waals surface area contributed by atoms with Crippen molar-refractivity contribution < 1.29 is 61.9 Å². The molecule has 0 saturated heterocycles. The summed E-state index contributed by atoms with van der Waals surface area (Å²) < 4.78 is 12.1. The molecule has 0 saturated carbocycles. The minimum atomic E-state index is -3.90. The van der Waals surface area contributed by atoms with Gasteiger partial charge in [0, 0.05) is 35.2 Å². The van der Waals surface area contributed by atoms with Gasteiger partial charge in [-0.1, -0.05) is 13.0 Å². The fourth-order valence-electron chi connectivity index (χ4n) is 2.21. The number of amides is 1. The van der Waals surface area contributed by atoms with Crippen LogP contribution in [0.4, 0.5) is 5.13 Å². The van der Waals surface area contributed by atoms with E-state index in [4.69, 9.17) is 0 Å². The molecule has 2 N–H and O–H groups in total. The number of nitrogens with one attached hydrogen (secondary N) is 2. The minimum absolute atomic E-state index is 0. The first kappa shape index (κ1) is 27.6. The molecule has 0 aliphatic carbocycles. The van der Waals surface area contributed by atoms with Gasteiger partial charge in [0.25, 0.3) is 0 Å². The third kappa shape index (κ3) is 9.41. The first-order valence-corrected chi connectivity index (χ1v) is 11.4. The van der Waals surface area contributed by atoms with Crippen molar-refractivity contribution in [1.82, 2.24) is 10.1 Å². The van der Waals surface area contributed by atoms with Crippen molar-refractivity contribution in [2.45, 2.75) is 32.2 Å². The molecule has 8 nitrogen and oxygen atoms in total. The van der Waals surface area contributed by atoms with Gasteiger partial charge in [-0.15, -0.1) is 22.7 Å². The Hall–Kier alpha value is -0.385. The molecule has 2 unspecified atom stereocenters. The Morgan fingerprint density at radius 1 is 1.32 bits per heavy atom. The monoisotopic (exact) mass is 429 g/mol. The first-order valence-electron chi connectivity index (χ1n) is 7.84. The number of nitrogens with zero attached hydrogens (tertiary/aromatic N) is 1. The molecule has 2 atom stereocenters. The second-order valence-electron chi connectivity index (χ2n) is 5.54. The smallest absolute Gasteiger partial charge is 0.788 e. The average molecular weight is 429 g/mol. The Balaban J connectivity index is 0.00000364. The first-order chi connectivity index (χ1) is 12.3. The van der Waals surface area contributed by atoms with Crippen molar-refractivity contribution in [3.05, 3.63) is 33.5 Å². The number of anilines is 1. The van der Waals surface area contributed by atoms with Crippen LogP contribution < -0.4 is 58.1 Å². The van der Waals surface area contributed by atoms with Crippen LogP contribution in [0.1, 0.15) is 23.9 Å². The van der Waals surface area contributed by atoms with Crippen LogP contribution in [-0.4, -0.2) is 29.1 Å². The average Bonchev–Trinajstić information content (AvgIpc) is 3.18. The van der Waals surface area contributed by atoms with Gasteiger partial charge in [0.2, 0.25) is 5.91 Å². The molecule has 2 aromatic heterocycles. The number of aliphatic carboxylic acids is 1. The van der Waals surface area contributed by atoms with E-state index in [0.717, 1.165) is 16.2 Å². The molecule has 2 aromatic rings. The molecule has 13 heteroatoms. The molecular weight excluding hydrogens is 411 g/mol. The zero-order chi connectivity index (χ0) is 19.2. The van der Waals surface area contributed by atoms with Crippen molar-refractivity contribution >= 4 is 47.2 Å². The molecular formula is C15H18Li2N3O5PS2. The number of rotatable bonds is 10. The number of carbonyl (C=O) groups is 2. The van der Waals surface area contributed by atoms with Gasteiger partial charge in [-0.3, -0.25) is 9.88 Å². The van der Waals surface area contributed by atoms with Gasteiger partial charge < -0.3 is 24.7 Å². The van der Waals surface area contributed by atoms with Gasteiger partial charge in [0.1, 0.15) is 0 Å². The van der Waals surface area contributed by atoms with Crippen molar-refractivity contribution in [3.63, 3.8) is 0 Å². The number of carboxylic acid groups (broad SMARTS) is 1. The summed E-state index contributed by atoms with van der Waals surface area (Å²) in [5.74, 6) is -1.81. The number of carboxylic acids is 1. The molecule has 28 heavy (non-hydrogen) atoms. The van der Waals surface area contributed by atoms with E-state index in [1.165, 1.54) is 16.7 Å². The zero-order valence-corrected chi connectivity index (χ0v) is 18.5. The van der Waals surface area contributed by atoms with Gasteiger partial charge in [0.05, 0.1) is 19.3 Å². The molecule has 2 rings (SSSR count). The maximum atomic E-state index is 12.6. The van der Waals surface area contributed by atoms with Gasteiger partial charge in [-0.25, -0.2) is 4.98 Å². The molecule has 0 aromatic carbocycles. The Labute approximate surface area is 195 Å². The second kappa shape index (κ2) is 13.0. The van der Waals surface area contributed by atoms with Crippen LogP contribution in [0.2, 0.25) is 0 Å². The van der Waals surface area contributed by atoms with E-state index in [2.05, 4.69) is 15.4 Å². The van der Waals surface area contributed by atoms with Gasteiger partial charge in [-0.2, -0.15) is 0 Å². The predicted molar refractivity (Wildman–Crippen MR) is 97.2 cm³/mol. The van der Waals surface area contributed by atoms with Crippen LogP contribution in [0.15, 0.2) is 22.9 Å². The van der Waals surface area contributed by atoms with Crippen LogP contribution in [-0.2, 0) is 27.0 Å². The number of thiazole rings is 1. The number of hydrogen-bond acceptors (Lipinski definition) is 8. The minimum Gasteiger partial charge on any atom is -0.788 e. The maximum absolute atomic E-state index is 12.6. The molecule has 0 bridgehead atoms. The van der Waals surface area contributed by atoms with Crippen molar-refractivity contribution in [1.29, 1.82) is 0 Å². The fourth-order valence-corrected chi connectivity index (χ4v) is 5.08. The summed E-state index contributed by atoms with van der Waals surface area (Å²) in [7, 11) is -3.90. The standard InChI is InChI=1S/C15H20N3O5PS2.2Li/c1-2-5-24(22,23)18-12(8-11-4-3-6-25-11)14(21)17-15-16-10(9-26-15)7-13(19)20;;/h3-4,6,9,12H,2,5,7-8H2,1H3,(H,19,20)(H,16,17,21)(H2,18,22,23);;/q;2*+1/p-2. The molecule has 0 radical (unpaired) electrons. The van der Waals surface area contributed by atoms with E-state index in [9.17, 15) is 24.2 Å². The molecule has 1 amide bonds. The normalized spacial score (nSPS) is 13.5. The Morgan fingerprint density at radius 3 is 2.61 bits per heavy atom. The maximum Gasteiger partial charge on any atom is 1.00 e. The number of hydrogen-bond donors (Lipinski definition) is 2. The Kier molecular flexibility index (Phi) is 12.8. The second-order valence-corrected chi connectivity index (χ2v) is 9.49. The summed E-state index contributed by atoms with van der Waals surface area (Å²) in [5, 5.41) is 19.2. The number of thiophene rings is 1. The quantitative estimate of drug-likeness (QED) is 0.284. The zero-order valence-electron chi connectivity index (χ0n) is 16.0. The van der Waals surface area contributed by atoms with Crippen LogP contribution in [0.25, 0.3) is 0 Å². The summed E-state index contributed by atoms with van der Waals surface area (Å²) in [4.78, 5) is 40.1. The van der Waals surface area contributed by atoms with Crippen LogP contribution in [0.3, 0.4) is 0 Å². The fraction of sp³-hybridized carbons (Fsp3) is 0.400. The van der Waals surface area contributed by atoms with E-state index in [1.54, 1.807) is 6.92 Å². The molecule has 0 fully saturated rings. The Morgan fingerprint density at radius 2 is 2.04 bits per heavy atom. The number of carbonyl (C=O) groups excluding carboxylic acids is 2. The summed E-state index contributed by atoms with van der Waals surface area (Å²) in [6, 6.07) is 2.67. The molecule has 0 aliphatic heterocycles. The van der Waals surface area contributed by atoms with Crippen molar-refractivity contribution in [3.8, 4) is 0 Å². The predicted octanol–water partition coefficient (Wildman–Crippen LogP) is -5.39. The number of aromatic nitrogens is 1. The van der Waals surface area contributed by atoms with E-state index in [-0.39, 0.29) is 67.6 Å². The summed E-state index contributed by atoms with van der Waals surface area (Å²) in [6.45, 7) is 1.75. The third-order valence-corrected chi connectivity index (χ3v) is 6.73.